The highest BCUT2D eigenvalue weighted by Gasteiger charge is 1.94. The maximum Gasteiger partial charge on any atom is 0.0717 e. The van der Waals surface area contributed by atoms with Gasteiger partial charge in [-0.05, 0) is 51.3 Å². The van der Waals surface area contributed by atoms with Crippen LogP contribution in [-0.2, 0) is 11.3 Å². The quantitative estimate of drug-likeness (QED) is 0.698. The molecule has 0 aliphatic carbocycles. The zero-order chi connectivity index (χ0) is 13.2. The number of halogens is 1. The minimum atomic E-state index is 0.649. The molecule has 0 spiro atoms. The molecule has 102 valence electrons. The van der Waals surface area contributed by atoms with Gasteiger partial charge in [-0.15, -0.1) is 0 Å². The lowest BCUT2D eigenvalue weighted by Crippen LogP contribution is -2.24. The van der Waals surface area contributed by atoms with Crippen LogP contribution in [-0.4, -0.2) is 45.2 Å². The van der Waals surface area contributed by atoms with Crippen molar-refractivity contribution in [2.75, 3.05) is 40.3 Å². The number of hydrogen-bond acceptors (Lipinski definition) is 3. The van der Waals surface area contributed by atoms with Gasteiger partial charge in [-0.1, -0.05) is 23.7 Å². The summed E-state index contributed by atoms with van der Waals surface area (Å²) in [6.45, 7) is 4.46. The smallest absolute Gasteiger partial charge is 0.0717 e. The van der Waals surface area contributed by atoms with E-state index in [1.165, 1.54) is 6.42 Å². The number of hydrogen-bond donors (Lipinski definition) is 1. The first-order chi connectivity index (χ1) is 8.68. The van der Waals surface area contributed by atoms with Crippen molar-refractivity contribution in [1.82, 2.24) is 10.2 Å². The molecule has 0 saturated heterocycles. The molecule has 1 N–H and O–H groups in total. The SMILES string of the molecule is CN(C)CCCNCCOCc1ccc(Cl)cc1. The van der Waals surface area contributed by atoms with E-state index in [0.29, 0.717) is 6.61 Å². The molecule has 1 aromatic carbocycles. The Balaban J connectivity index is 1.94. The van der Waals surface area contributed by atoms with Crippen LogP contribution in [0.25, 0.3) is 0 Å². The van der Waals surface area contributed by atoms with Crippen molar-refractivity contribution in [3.63, 3.8) is 0 Å². The van der Waals surface area contributed by atoms with Crippen LogP contribution in [0.5, 0.6) is 0 Å². The van der Waals surface area contributed by atoms with Gasteiger partial charge in [-0.2, -0.15) is 0 Å². The Bertz CT molecular complexity index is 314. The second kappa shape index (κ2) is 9.34. The van der Waals surface area contributed by atoms with Gasteiger partial charge in [-0.3, -0.25) is 0 Å². The molecule has 0 unspecified atom stereocenters. The Labute approximate surface area is 115 Å². The number of nitrogens with one attached hydrogen (secondary N) is 1. The highest BCUT2D eigenvalue weighted by molar-refractivity contribution is 6.30. The van der Waals surface area contributed by atoms with Crippen LogP contribution in [0.1, 0.15) is 12.0 Å². The Kier molecular flexibility index (Phi) is 8.01. The summed E-state index contributed by atoms with van der Waals surface area (Å²) in [6.07, 6.45) is 1.17. The maximum absolute atomic E-state index is 5.81. The topological polar surface area (TPSA) is 24.5 Å². The van der Waals surface area contributed by atoms with Crippen LogP contribution in [0.2, 0.25) is 5.02 Å². The van der Waals surface area contributed by atoms with Gasteiger partial charge in [0.15, 0.2) is 0 Å². The minimum Gasteiger partial charge on any atom is -0.375 e. The third-order valence-corrected chi connectivity index (χ3v) is 2.82. The Morgan fingerprint density at radius 1 is 1.17 bits per heavy atom. The average Bonchev–Trinajstić information content (AvgIpc) is 2.34. The van der Waals surface area contributed by atoms with Gasteiger partial charge in [0, 0.05) is 11.6 Å². The van der Waals surface area contributed by atoms with Crippen LogP contribution >= 0.6 is 11.6 Å². The van der Waals surface area contributed by atoms with Crippen LogP contribution in [0.15, 0.2) is 24.3 Å². The summed E-state index contributed by atoms with van der Waals surface area (Å²) in [5.74, 6) is 0. The van der Waals surface area contributed by atoms with E-state index in [-0.39, 0.29) is 0 Å². The van der Waals surface area contributed by atoms with Gasteiger partial charge < -0.3 is 15.0 Å². The third-order valence-electron chi connectivity index (χ3n) is 2.56. The number of nitrogens with zero attached hydrogens (tertiary/aromatic N) is 1. The van der Waals surface area contributed by atoms with Gasteiger partial charge in [0.2, 0.25) is 0 Å². The van der Waals surface area contributed by atoms with E-state index < -0.39 is 0 Å². The molecule has 18 heavy (non-hydrogen) atoms. The predicted molar refractivity (Wildman–Crippen MR) is 77.1 cm³/mol. The van der Waals surface area contributed by atoms with E-state index in [0.717, 1.165) is 36.8 Å². The van der Waals surface area contributed by atoms with Crippen LogP contribution in [0.4, 0.5) is 0 Å². The fraction of sp³-hybridized carbons (Fsp3) is 0.571. The molecule has 0 aliphatic rings. The van der Waals surface area contributed by atoms with Crippen molar-refractivity contribution < 1.29 is 4.74 Å². The summed E-state index contributed by atoms with van der Waals surface area (Å²) in [4.78, 5) is 2.19. The Morgan fingerprint density at radius 3 is 2.56 bits per heavy atom. The van der Waals surface area contributed by atoms with Crippen molar-refractivity contribution in [1.29, 1.82) is 0 Å². The second-order valence-electron chi connectivity index (χ2n) is 4.59. The first-order valence-electron chi connectivity index (χ1n) is 6.36. The molecule has 3 nitrogen and oxygen atoms in total. The fourth-order valence-electron chi connectivity index (χ4n) is 1.56. The zero-order valence-corrected chi connectivity index (χ0v) is 12.0. The summed E-state index contributed by atoms with van der Waals surface area (Å²) in [5.41, 5.74) is 1.16. The summed E-state index contributed by atoms with van der Waals surface area (Å²) < 4.78 is 5.57. The molecule has 0 heterocycles. The van der Waals surface area contributed by atoms with E-state index in [1.807, 2.05) is 24.3 Å². The number of ether oxygens (including phenoxy) is 1. The van der Waals surface area contributed by atoms with E-state index >= 15 is 0 Å². The van der Waals surface area contributed by atoms with E-state index in [4.69, 9.17) is 16.3 Å². The molecule has 1 rings (SSSR count). The Morgan fingerprint density at radius 2 is 1.89 bits per heavy atom. The zero-order valence-electron chi connectivity index (χ0n) is 11.3. The molecule has 0 saturated carbocycles. The van der Waals surface area contributed by atoms with E-state index in [1.54, 1.807) is 0 Å². The van der Waals surface area contributed by atoms with Crippen LogP contribution < -0.4 is 5.32 Å². The van der Waals surface area contributed by atoms with Crippen molar-refractivity contribution >= 4 is 11.6 Å². The van der Waals surface area contributed by atoms with Crippen molar-refractivity contribution in [2.45, 2.75) is 13.0 Å². The van der Waals surface area contributed by atoms with E-state index in [9.17, 15) is 0 Å². The third kappa shape index (κ3) is 7.67. The van der Waals surface area contributed by atoms with Crippen LogP contribution in [0.3, 0.4) is 0 Å². The van der Waals surface area contributed by atoms with Gasteiger partial charge in [-0.25, -0.2) is 0 Å². The summed E-state index contributed by atoms with van der Waals surface area (Å²) in [6, 6.07) is 7.76. The lowest BCUT2D eigenvalue weighted by atomic mass is 10.2. The standard InChI is InChI=1S/C14H23ClN2O/c1-17(2)10-3-8-16-9-11-18-12-13-4-6-14(15)7-5-13/h4-7,16H,3,8-12H2,1-2H3. The second-order valence-corrected chi connectivity index (χ2v) is 5.02. The largest absolute Gasteiger partial charge is 0.375 e. The lowest BCUT2D eigenvalue weighted by Gasteiger charge is -2.10. The number of rotatable bonds is 9. The highest BCUT2D eigenvalue weighted by atomic mass is 35.5. The van der Waals surface area contributed by atoms with Gasteiger partial charge >= 0.3 is 0 Å². The summed E-state index contributed by atoms with van der Waals surface area (Å²) in [7, 11) is 4.18. The van der Waals surface area contributed by atoms with Crippen molar-refractivity contribution in [2.24, 2.45) is 0 Å². The molecule has 0 radical (unpaired) electrons. The highest BCUT2D eigenvalue weighted by Crippen LogP contribution is 2.09. The molecular weight excluding hydrogens is 248 g/mol. The van der Waals surface area contributed by atoms with E-state index in [2.05, 4.69) is 24.3 Å². The molecule has 4 heteroatoms. The lowest BCUT2D eigenvalue weighted by molar-refractivity contribution is 0.122. The molecule has 0 aromatic heterocycles. The molecule has 0 amide bonds. The van der Waals surface area contributed by atoms with Crippen molar-refractivity contribution in [3.8, 4) is 0 Å². The maximum atomic E-state index is 5.81. The average molecular weight is 271 g/mol. The molecule has 0 aliphatic heterocycles. The van der Waals surface area contributed by atoms with Gasteiger partial charge in [0.1, 0.15) is 0 Å². The molecule has 1 aromatic rings. The van der Waals surface area contributed by atoms with Gasteiger partial charge in [0.25, 0.3) is 0 Å². The number of benzene rings is 1. The fourth-order valence-corrected chi connectivity index (χ4v) is 1.69. The summed E-state index contributed by atoms with van der Waals surface area (Å²) in [5, 5.41) is 4.13. The van der Waals surface area contributed by atoms with Crippen LogP contribution in [0, 0.1) is 0 Å². The minimum absolute atomic E-state index is 0.649. The summed E-state index contributed by atoms with van der Waals surface area (Å²) >= 11 is 5.81. The first kappa shape index (κ1) is 15.4. The molecule has 0 fully saturated rings. The molecule has 0 atom stereocenters. The Hall–Kier alpha value is -0.610. The normalized spacial score (nSPS) is 11.1. The predicted octanol–water partition coefficient (Wildman–Crippen LogP) is 2.40. The molecular formula is C14H23ClN2O. The first-order valence-corrected chi connectivity index (χ1v) is 6.74. The monoisotopic (exact) mass is 270 g/mol. The molecule has 0 bridgehead atoms. The van der Waals surface area contributed by atoms with Crippen molar-refractivity contribution in [3.05, 3.63) is 34.9 Å². The van der Waals surface area contributed by atoms with Gasteiger partial charge in [0.05, 0.1) is 13.2 Å².